The van der Waals surface area contributed by atoms with E-state index in [1.54, 1.807) is 7.11 Å². The van der Waals surface area contributed by atoms with E-state index in [0.29, 0.717) is 35.5 Å². The molecule has 2 aromatic heterocycles. The van der Waals surface area contributed by atoms with E-state index in [2.05, 4.69) is 10.3 Å². The number of methoxy groups -OCH3 is 1. The number of amides is 1. The lowest BCUT2D eigenvalue weighted by atomic mass is 9.93. The van der Waals surface area contributed by atoms with Crippen molar-refractivity contribution in [2.45, 2.75) is 56.7 Å². The molecule has 2 fully saturated rings. The maximum Gasteiger partial charge on any atom is 0.328 e. The molecule has 3 aromatic rings. The number of nitrogens with one attached hydrogen (secondary N) is 1. The molecule has 1 N–H and O–H groups in total. The lowest BCUT2D eigenvalue weighted by molar-refractivity contribution is 0.0636. The van der Waals surface area contributed by atoms with Crippen LogP contribution in [0.1, 0.15) is 50.1 Å². The minimum Gasteiger partial charge on any atom is -0.381 e. The van der Waals surface area contributed by atoms with Gasteiger partial charge in [-0.25, -0.2) is 28.1 Å². The van der Waals surface area contributed by atoms with Gasteiger partial charge in [0, 0.05) is 25.3 Å². The van der Waals surface area contributed by atoms with E-state index in [1.807, 2.05) is 17.0 Å². The quantitative estimate of drug-likeness (QED) is 0.624. The van der Waals surface area contributed by atoms with Crippen LogP contribution in [0.25, 0.3) is 11.2 Å². The number of ether oxygens (including phenoxy) is 1. The molecule has 1 atom stereocenters. The molecule has 1 saturated carbocycles. The van der Waals surface area contributed by atoms with Crippen molar-refractivity contribution >= 4 is 23.0 Å². The predicted molar refractivity (Wildman–Crippen MR) is 120 cm³/mol. The van der Waals surface area contributed by atoms with Crippen LogP contribution in [0.15, 0.2) is 36.7 Å². The topological polar surface area (TPSA) is 72.3 Å². The summed E-state index contributed by atoms with van der Waals surface area (Å²) in [5.41, 5.74) is 1.37. The molecule has 1 aromatic carbocycles. The first-order valence-corrected chi connectivity index (χ1v) is 11.4. The van der Waals surface area contributed by atoms with Crippen LogP contribution in [-0.4, -0.2) is 46.4 Å². The molecule has 3 heterocycles. The molecule has 5 rings (SSSR count). The molecule has 174 valence electrons. The predicted octanol–water partition coefficient (Wildman–Crippen LogP) is 4.57. The molecule has 1 aliphatic carbocycles. The van der Waals surface area contributed by atoms with E-state index >= 15 is 0 Å². The first kappa shape index (κ1) is 21.8. The average Bonchev–Trinajstić information content (AvgIpc) is 3.48. The number of carbonyl (C=O) groups excluding carboxylic acids is 1. The van der Waals surface area contributed by atoms with E-state index in [9.17, 15) is 13.6 Å². The van der Waals surface area contributed by atoms with E-state index in [0.717, 1.165) is 44.2 Å². The zero-order chi connectivity index (χ0) is 22.9. The third kappa shape index (κ3) is 4.29. The van der Waals surface area contributed by atoms with Gasteiger partial charge in [0.1, 0.15) is 29.3 Å². The zero-order valence-corrected chi connectivity index (χ0v) is 18.5. The second-order valence-electron chi connectivity index (χ2n) is 8.80. The van der Waals surface area contributed by atoms with Gasteiger partial charge in [-0.15, -0.1) is 0 Å². The fourth-order valence-electron chi connectivity index (χ4n) is 5.01. The molecule has 0 bridgehead atoms. The highest BCUT2D eigenvalue weighted by Crippen LogP contribution is 2.37. The monoisotopic (exact) mass is 455 g/mol. The number of rotatable bonds is 4. The summed E-state index contributed by atoms with van der Waals surface area (Å²) in [5.74, 6) is -0.276. The third-order valence-corrected chi connectivity index (χ3v) is 6.80. The molecule has 33 heavy (non-hydrogen) atoms. The van der Waals surface area contributed by atoms with Crippen molar-refractivity contribution in [3.63, 3.8) is 0 Å². The van der Waals surface area contributed by atoms with Gasteiger partial charge in [0.25, 0.3) is 0 Å². The number of halogens is 2. The number of nitrogens with zero attached hydrogens (tertiary/aromatic N) is 4. The van der Waals surface area contributed by atoms with E-state index < -0.39 is 11.6 Å². The summed E-state index contributed by atoms with van der Waals surface area (Å²) in [4.78, 5) is 24.0. The molecule has 1 saturated heterocycles. The van der Waals surface area contributed by atoms with Gasteiger partial charge >= 0.3 is 6.03 Å². The number of fused-ring (bicyclic) bond motifs is 1. The van der Waals surface area contributed by atoms with E-state index in [-0.39, 0.29) is 24.2 Å². The molecule has 2 aliphatic rings. The third-order valence-electron chi connectivity index (χ3n) is 6.80. The standard InChI is InChI=1S/C24H27F2N5O2/c1-33-17-7-5-16(6-8-17)28-24(32)31-14-27-20-10-11-22(29-23(20)31)30-12-2-3-21(30)18-13-15(25)4-9-19(18)26/h4,9-11,13-14,16-17,21H,2-3,5-8,12H2,1H3,(H,28,32). The van der Waals surface area contributed by atoms with Gasteiger partial charge in [-0.3, -0.25) is 0 Å². The van der Waals surface area contributed by atoms with Crippen molar-refractivity contribution in [2.75, 3.05) is 18.6 Å². The molecular weight excluding hydrogens is 428 g/mol. The van der Waals surface area contributed by atoms with Crippen LogP contribution < -0.4 is 10.2 Å². The van der Waals surface area contributed by atoms with Gasteiger partial charge < -0.3 is 15.0 Å². The Kier molecular flexibility index (Phi) is 5.97. The Morgan fingerprint density at radius 1 is 1.12 bits per heavy atom. The summed E-state index contributed by atoms with van der Waals surface area (Å²) in [6.45, 7) is 0.669. The van der Waals surface area contributed by atoms with Gasteiger partial charge in [-0.2, -0.15) is 0 Å². The Labute approximate surface area is 190 Å². The van der Waals surface area contributed by atoms with Crippen molar-refractivity contribution in [2.24, 2.45) is 0 Å². The second kappa shape index (κ2) is 9.05. The number of hydrogen-bond acceptors (Lipinski definition) is 5. The molecule has 1 unspecified atom stereocenters. The van der Waals surface area contributed by atoms with Crippen LogP contribution in [0, 0.1) is 11.6 Å². The maximum atomic E-state index is 14.5. The van der Waals surface area contributed by atoms with Crippen LogP contribution in [-0.2, 0) is 4.74 Å². The maximum absolute atomic E-state index is 14.5. The Morgan fingerprint density at radius 2 is 1.94 bits per heavy atom. The van der Waals surface area contributed by atoms with Crippen LogP contribution in [0.5, 0.6) is 0 Å². The van der Waals surface area contributed by atoms with Crippen LogP contribution in [0.2, 0.25) is 0 Å². The summed E-state index contributed by atoms with van der Waals surface area (Å²) in [6, 6.07) is 6.68. The number of benzene rings is 1. The van der Waals surface area contributed by atoms with Crippen molar-refractivity contribution in [1.82, 2.24) is 19.9 Å². The minimum absolute atomic E-state index is 0.0865. The Hall–Kier alpha value is -3.07. The normalized spacial score (nSPS) is 23.2. The fourth-order valence-corrected chi connectivity index (χ4v) is 5.01. The number of aromatic nitrogens is 3. The summed E-state index contributed by atoms with van der Waals surface area (Å²) in [7, 11) is 1.72. The van der Waals surface area contributed by atoms with Gasteiger partial charge in [0.2, 0.25) is 0 Å². The number of anilines is 1. The van der Waals surface area contributed by atoms with Crippen molar-refractivity contribution in [3.8, 4) is 0 Å². The zero-order valence-electron chi connectivity index (χ0n) is 18.5. The number of imidazole rings is 1. The molecule has 1 aliphatic heterocycles. The summed E-state index contributed by atoms with van der Waals surface area (Å²) < 4.78 is 35.1. The van der Waals surface area contributed by atoms with Crippen LogP contribution in [0.3, 0.4) is 0 Å². The van der Waals surface area contributed by atoms with Crippen molar-refractivity contribution in [1.29, 1.82) is 0 Å². The number of pyridine rings is 1. The SMILES string of the molecule is COC1CCC(NC(=O)n2cnc3ccc(N4CCCC4c4cc(F)ccc4F)nc32)CC1. The van der Waals surface area contributed by atoms with Gasteiger partial charge in [-0.1, -0.05) is 0 Å². The molecule has 7 nitrogen and oxygen atoms in total. The molecule has 0 spiro atoms. The Bertz CT molecular complexity index is 1160. The lowest BCUT2D eigenvalue weighted by Crippen LogP contribution is -2.40. The lowest BCUT2D eigenvalue weighted by Gasteiger charge is -2.28. The Morgan fingerprint density at radius 3 is 2.73 bits per heavy atom. The molecule has 9 heteroatoms. The van der Waals surface area contributed by atoms with Gasteiger partial charge in [0.05, 0.1) is 12.1 Å². The van der Waals surface area contributed by atoms with Crippen molar-refractivity contribution in [3.05, 3.63) is 53.9 Å². The molecule has 0 radical (unpaired) electrons. The van der Waals surface area contributed by atoms with E-state index in [4.69, 9.17) is 9.72 Å². The highest BCUT2D eigenvalue weighted by Gasteiger charge is 2.30. The smallest absolute Gasteiger partial charge is 0.328 e. The first-order chi connectivity index (χ1) is 16.0. The second-order valence-corrected chi connectivity index (χ2v) is 8.80. The highest BCUT2D eigenvalue weighted by atomic mass is 19.1. The Balaban J connectivity index is 1.39. The minimum atomic E-state index is -0.462. The van der Waals surface area contributed by atoms with Crippen LogP contribution >= 0.6 is 0 Å². The van der Waals surface area contributed by atoms with Gasteiger partial charge in [-0.05, 0) is 68.9 Å². The van der Waals surface area contributed by atoms with Crippen LogP contribution in [0.4, 0.5) is 19.4 Å². The summed E-state index contributed by atoms with van der Waals surface area (Å²) in [6.07, 6.45) is 6.84. The summed E-state index contributed by atoms with van der Waals surface area (Å²) in [5, 5.41) is 3.08. The van der Waals surface area contributed by atoms with Gasteiger partial charge in [0.15, 0.2) is 5.65 Å². The largest absolute Gasteiger partial charge is 0.381 e. The number of hydrogen-bond donors (Lipinski definition) is 1. The summed E-state index contributed by atoms with van der Waals surface area (Å²) >= 11 is 0. The number of carbonyl (C=O) groups is 1. The average molecular weight is 456 g/mol. The highest BCUT2D eigenvalue weighted by molar-refractivity contribution is 5.87. The molecular formula is C24H27F2N5O2. The first-order valence-electron chi connectivity index (χ1n) is 11.4. The fraction of sp³-hybridized carbons (Fsp3) is 0.458. The molecule has 1 amide bonds. The van der Waals surface area contributed by atoms with Crippen molar-refractivity contribution < 1.29 is 18.3 Å². The van der Waals surface area contributed by atoms with E-state index in [1.165, 1.54) is 17.0 Å².